The molecule has 1 aromatic rings. The molecule has 2 rings (SSSR count). The van der Waals surface area contributed by atoms with Gasteiger partial charge in [-0.15, -0.1) is 0 Å². The predicted molar refractivity (Wildman–Crippen MR) is 74.8 cm³/mol. The fraction of sp³-hybridized carbons (Fsp3) is 0.600. The summed E-state index contributed by atoms with van der Waals surface area (Å²) in [4.78, 5) is 0. The highest BCUT2D eigenvalue weighted by Crippen LogP contribution is 2.29. The third-order valence-electron chi connectivity index (χ3n) is 3.79. The SMILES string of the molecule is COc1ccc(CNCC2(O)CCCC2)c(OC(F)F)c1. The number of hydrogen-bond donors (Lipinski definition) is 2. The maximum absolute atomic E-state index is 12.4. The monoisotopic (exact) mass is 301 g/mol. The number of benzene rings is 1. The Kier molecular flexibility index (Phi) is 5.36. The molecule has 0 amide bonds. The van der Waals surface area contributed by atoms with Crippen LogP contribution in [0.15, 0.2) is 18.2 Å². The van der Waals surface area contributed by atoms with E-state index < -0.39 is 12.2 Å². The van der Waals surface area contributed by atoms with Crippen molar-refractivity contribution in [1.29, 1.82) is 0 Å². The van der Waals surface area contributed by atoms with Gasteiger partial charge >= 0.3 is 6.61 Å². The first-order chi connectivity index (χ1) is 10.0. The molecule has 1 fully saturated rings. The van der Waals surface area contributed by atoms with E-state index in [0.29, 0.717) is 24.4 Å². The summed E-state index contributed by atoms with van der Waals surface area (Å²) in [6.45, 7) is -2.07. The van der Waals surface area contributed by atoms with Gasteiger partial charge in [-0.2, -0.15) is 8.78 Å². The average Bonchev–Trinajstić information content (AvgIpc) is 2.86. The van der Waals surface area contributed by atoms with Crippen LogP contribution in [0.4, 0.5) is 8.78 Å². The highest BCUT2D eigenvalue weighted by Gasteiger charge is 2.30. The van der Waals surface area contributed by atoms with Crippen molar-refractivity contribution in [3.63, 3.8) is 0 Å². The lowest BCUT2D eigenvalue weighted by Gasteiger charge is -2.23. The van der Waals surface area contributed by atoms with Gasteiger partial charge in [0.2, 0.25) is 0 Å². The lowest BCUT2D eigenvalue weighted by Crippen LogP contribution is -2.37. The fourth-order valence-corrected chi connectivity index (χ4v) is 2.65. The normalized spacial score (nSPS) is 17.2. The lowest BCUT2D eigenvalue weighted by molar-refractivity contribution is -0.0506. The van der Waals surface area contributed by atoms with Crippen molar-refractivity contribution in [3.05, 3.63) is 23.8 Å². The molecule has 118 valence electrons. The van der Waals surface area contributed by atoms with Gasteiger partial charge in [-0.25, -0.2) is 0 Å². The Labute approximate surface area is 123 Å². The molecule has 21 heavy (non-hydrogen) atoms. The van der Waals surface area contributed by atoms with Crippen molar-refractivity contribution in [2.45, 2.75) is 44.4 Å². The molecule has 4 nitrogen and oxygen atoms in total. The Bertz CT molecular complexity index is 462. The summed E-state index contributed by atoms with van der Waals surface area (Å²) < 4.78 is 34.4. The highest BCUT2D eigenvalue weighted by atomic mass is 19.3. The van der Waals surface area contributed by atoms with Crippen molar-refractivity contribution in [1.82, 2.24) is 5.32 Å². The van der Waals surface area contributed by atoms with Gasteiger partial charge in [-0.1, -0.05) is 18.9 Å². The quantitative estimate of drug-likeness (QED) is 0.813. The maximum Gasteiger partial charge on any atom is 0.387 e. The Balaban J connectivity index is 1.97. The van der Waals surface area contributed by atoms with Gasteiger partial charge in [-0.05, 0) is 18.9 Å². The minimum absolute atomic E-state index is 0.0928. The second kappa shape index (κ2) is 7.04. The molecule has 6 heteroatoms. The van der Waals surface area contributed by atoms with Crippen LogP contribution in [0.2, 0.25) is 0 Å². The first-order valence-electron chi connectivity index (χ1n) is 7.07. The van der Waals surface area contributed by atoms with Gasteiger partial charge in [0.1, 0.15) is 11.5 Å². The van der Waals surface area contributed by atoms with E-state index in [1.54, 1.807) is 12.1 Å². The topological polar surface area (TPSA) is 50.7 Å². The summed E-state index contributed by atoms with van der Waals surface area (Å²) >= 11 is 0. The number of alkyl halides is 2. The maximum atomic E-state index is 12.4. The molecular weight excluding hydrogens is 280 g/mol. The van der Waals surface area contributed by atoms with Gasteiger partial charge in [0.25, 0.3) is 0 Å². The van der Waals surface area contributed by atoms with Crippen LogP contribution in [-0.2, 0) is 6.54 Å². The van der Waals surface area contributed by atoms with Crippen molar-refractivity contribution >= 4 is 0 Å². The number of aliphatic hydroxyl groups is 1. The standard InChI is InChI=1S/C15H21F2NO3/c1-20-12-5-4-11(13(8-12)21-14(16)17)9-18-10-15(19)6-2-3-7-15/h4-5,8,14,18-19H,2-3,6-7,9-10H2,1H3. The molecule has 2 N–H and O–H groups in total. The van der Waals surface area contributed by atoms with E-state index >= 15 is 0 Å². The van der Waals surface area contributed by atoms with Gasteiger partial charge in [-0.3, -0.25) is 0 Å². The van der Waals surface area contributed by atoms with Crippen LogP contribution in [0.25, 0.3) is 0 Å². The summed E-state index contributed by atoms with van der Waals surface area (Å²) in [6, 6.07) is 4.81. The van der Waals surface area contributed by atoms with Crippen LogP contribution in [0.1, 0.15) is 31.2 Å². The Hall–Kier alpha value is -1.40. The number of hydrogen-bond acceptors (Lipinski definition) is 4. The van der Waals surface area contributed by atoms with E-state index in [-0.39, 0.29) is 5.75 Å². The molecule has 0 saturated heterocycles. The summed E-state index contributed by atoms with van der Waals surface area (Å²) in [7, 11) is 1.47. The van der Waals surface area contributed by atoms with Gasteiger partial charge in [0.15, 0.2) is 0 Å². The van der Waals surface area contributed by atoms with Gasteiger partial charge < -0.3 is 19.9 Å². The Morgan fingerprint density at radius 2 is 2.05 bits per heavy atom. The van der Waals surface area contributed by atoms with Crippen LogP contribution in [-0.4, -0.2) is 31.0 Å². The second-order valence-electron chi connectivity index (χ2n) is 5.39. The van der Waals surface area contributed by atoms with Gasteiger partial charge in [0, 0.05) is 24.7 Å². The second-order valence-corrected chi connectivity index (χ2v) is 5.39. The first-order valence-corrected chi connectivity index (χ1v) is 7.07. The molecule has 1 aromatic carbocycles. The highest BCUT2D eigenvalue weighted by molar-refractivity contribution is 5.40. The first kappa shape index (κ1) is 16.0. The lowest BCUT2D eigenvalue weighted by atomic mass is 10.0. The molecular formula is C15H21F2NO3. The molecule has 0 aliphatic heterocycles. The number of ether oxygens (including phenoxy) is 2. The fourth-order valence-electron chi connectivity index (χ4n) is 2.65. The van der Waals surface area contributed by atoms with E-state index in [2.05, 4.69) is 10.1 Å². The largest absolute Gasteiger partial charge is 0.497 e. The van der Waals surface area contributed by atoms with E-state index in [1.807, 2.05) is 0 Å². The third kappa shape index (κ3) is 4.54. The molecule has 1 aliphatic carbocycles. The van der Waals surface area contributed by atoms with Crippen LogP contribution >= 0.6 is 0 Å². The Morgan fingerprint density at radius 3 is 2.67 bits per heavy atom. The molecule has 1 aliphatic rings. The van der Waals surface area contributed by atoms with E-state index in [9.17, 15) is 13.9 Å². The van der Waals surface area contributed by atoms with E-state index in [4.69, 9.17) is 4.74 Å². The minimum atomic E-state index is -2.88. The van der Waals surface area contributed by atoms with Crippen molar-refractivity contribution in [3.8, 4) is 11.5 Å². The average molecular weight is 301 g/mol. The van der Waals surface area contributed by atoms with E-state index in [0.717, 1.165) is 25.7 Å². The summed E-state index contributed by atoms with van der Waals surface area (Å²) in [5.41, 5.74) is -0.0615. The van der Waals surface area contributed by atoms with Crippen molar-refractivity contribution < 1.29 is 23.4 Å². The van der Waals surface area contributed by atoms with Crippen LogP contribution < -0.4 is 14.8 Å². The molecule has 0 heterocycles. The van der Waals surface area contributed by atoms with E-state index in [1.165, 1.54) is 13.2 Å². The Morgan fingerprint density at radius 1 is 1.33 bits per heavy atom. The molecule has 0 unspecified atom stereocenters. The van der Waals surface area contributed by atoms with Crippen LogP contribution in [0, 0.1) is 0 Å². The summed E-state index contributed by atoms with van der Waals surface area (Å²) in [6.07, 6.45) is 3.62. The zero-order chi connectivity index (χ0) is 15.3. The molecule has 1 saturated carbocycles. The molecule has 0 spiro atoms. The van der Waals surface area contributed by atoms with Gasteiger partial charge in [0.05, 0.1) is 12.7 Å². The van der Waals surface area contributed by atoms with Crippen molar-refractivity contribution in [2.75, 3.05) is 13.7 Å². The molecule has 0 radical (unpaired) electrons. The number of halogens is 2. The number of rotatable bonds is 7. The van der Waals surface area contributed by atoms with Crippen LogP contribution in [0.3, 0.4) is 0 Å². The smallest absolute Gasteiger partial charge is 0.387 e. The molecule has 0 atom stereocenters. The molecule has 0 bridgehead atoms. The zero-order valence-corrected chi connectivity index (χ0v) is 12.1. The summed E-state index contributed by atoms with van der Waals surface area (Å²) in [5.74, 6) is 0.555. The number of nitrogens with one attached hydrogen (secondary N) is 1. The van der Waals surface area contributed by atoms with Crippen LogP contribution in [0.5, 0.6) is 11.5 Å². The third-order valence-corrected chi connectivity index (χ3v) is 3.79. The zero-order valence-electron chi connectivity index (χ0n) is 12.1. The minimum Gasteiger partial charge on any atom is -0.497 e. The molecule has 0 aromatic heterocycles. The van der Waals surface area contributed by atoms with Crippen molar-refractivity contribution in [2.24, 2.45) is 0 Å². The predicted octanol–water partition coefficient (Wildman–Crippen LogP) is 2.69. The summed E-state index contributed by atoms with van der Waals surface area (Å²) in [5, 5.41) is 13.4. The number of methoxy groups -OCH3 is 1.